The highest BCUT2D eigenvalue weighted by molar-refractivity contribution is 5.96. The van der Waals surface area contributed by atoms with Crippen molar-refractivity contribution in [2.45, 2.75) is 19.9 Å². The molecule has 6 heteroatoms. The van der Waals surface area contributed by atoms with E-state index < -0.39 is 6.04 Å². The summed E-state index contributed by atoms with van der Waals surface area (Å²) in [7, 11) is 0. The van der Waals surface area contributed by atoms with Crippen LogP contribution in [0.4, 0.5) is 17.1 Å². The summed E-state index contributed by atoms with van der Waals surface area (Å²) >= 11 is 0. The summed E-state index contributed by atoms with van der Waals surface area (Å²) < 4.78 is 0. The first-order valence-electron chi connectivity index (χ1n) is 7.43. The molecule has 2 amide bonds. The van der Waals surface area contributed by atoms with Gasteiger partial charge in [-0.3, -0.25) is 9.59 Å². The number of nitriles is 1. The van der Waals surface area contributed by atoms with Gasteiger partial charge >= 0.3 is 0 Å². The quantitative estimate of drug-likeness (QED) is 0.789. The average molecular weight is 322 g/mol. The number of anilines is 3. The molecule has 0 heterocycles. The van der Waals surface area contributed by atoms with E-state index in [0.717, 1.165) is 5.69 Å². The number of hydrogen-bond donors (Lipinski definition) is 3. The summed E-state index contributed by atoms with van der Waals surface area (Å²) in [5.74, 6) is -0.384. The number of nitrogens with one attached hydrogen (secondary N) is 3. The normalized spacial score (nSPS) is 11.0. The lowest BCUT2D eigenvalue weighted by molar-refractivity contribution is -0.116. The van der Waals surface area contributed by atoms with Gasteiger partial charge in [-0.1, -0.05) is 12.1 Å². The third-order valence-electron chi connectivity index (χ3n) is 3.22. The zero-order valence-corrected chi connectivity index (χ0v) is 13.5. The summed E-state index contributed by atoms with van der Waals surface area (Å²) in [5, 5.41) is 17.4. The average Bonchev–Trinajstić information content (AvgIpc) is 2.54. The Balaban J connectivity index is 2.01. The Hall–Kier alpha value is -3.33. The van der Waals surface area contributed by atoms with E-state index >= 15 is 0 Å². The van der Waals surface area contributed by atoms with Crippen LogP contribution in [-0.2, 0) is 9.59 Å². The molecule has 0 radical (unpaired) electrons. The van der Waals surface area contributed by atoms with Crippen LogP contribution in [-0.4, -0.2) is 17.9 Å². The molecule has 2 aromatic rings. The van der Waals surface area contributed by atoms with Gasteiger partial charge < -0.3 is 16.0 Å². The van der Waals surface area contributed by atoms with E-state index in [4.69, 9.17) is 5.26 Å². The van der Waals surface area contributed by atoms with Gasteiger partial charge in [-0.05, 0) is 43.3 Å². The van der Waals surface area contributed by atoms with Crippen LogP contribution in [0.25, 0.3) is 0 Å². The molecule has 3 N–H and O–H groups in total. The van der Waals surface area contributed by atoms with E-state index in [1.54, 1.807) is 49.4 Å². The van der Waals surface area contributed by atoms with Crippen molar-refractivity contribution in [2.75, 3.05) is 16.0 Å². The first-order chi connectivity index (χ1) is 11.5. The molecule has 0 saturated heterocycles. The molecule has 0 fully saturated rings. The molecule has 0 aromatic heterocycles. The maximum atomic E-state index is 12.3. The van der Waals surface area contributed by atoms with Crippen molar-refractivity contribution in [3.05, 3.63) is 54.1 Å². The highest BCUT2D eigenvalue weighted by Crippen LogP contribution is 2.17. The lowest BCUT2D eigenvalue weighted by Crippen LogP contribution is -2.31. The zero-order chi connectivity index (χ0) is 17.5. The standard InChI is InChI=1S/C18H18N4O2/c1-12(18(24)22-15-6-3-5-14(9-15)11-19)20-16-7-4-8-17(10-16)21-13(2)23/h3-10,12,20H,1-2H3,(H,21,23)(H,22,24)/t12-/m1/s1. The first-order valence-corrected chi connectivity index (χ1v) is 7.43. The minimum atomic E-state index is -0.497. The van der Waals surface area contributed by atoms with Gasteiger partial charge in [0.05, 0.1) is 11.6 Å². The van der Waals surface area contributed by atoms with Crippen molar-refractivity contribution in [1.82, 2.24) is 0 Å². The van der Waals surface area contributed by atoms with Crippen LogP contribution in [0, 0.1) is 11.3 Å². The van der Waals surface area contributed by atoms with Crippen LogP contribution in [0.15, 0.2) is 48.5 Å². The molecule has 0 aliphatic rings. The molecule has 6 nitrogen and oxygen atoms in total. The molecule has 2 rings (SSSR count). The monoisotopic (exact) mass is 322 g/mol. The van der Waals surface area contributed by atoms with Gasteiger partial charge in [0, 0.05) is 24.0 Å². The fraction of sp³-hybridized carbons (Fsp3) is 0.167. The molecule has 0 spiro atoms. The number of carbonyl (C=O) groups excluding carboxylic acids is 2. The molecule has 0 bridgehead atoms. The summed E-state index contributed by atoms with van der Waals surface area (Å²) in [6.45, 7) is 3.17. The number of hydrogen-bond acceptors (Lipinski definition) is 4. The maximum Gasteiger partial charge on any atom is 0.246 e. The second-order valence-corrected chi connectivity index (χ2v) is 5.31. The van der Waals surface area contributed by atoms with Gasteiger partial charge in [-0.25, -0.2) is 0 Å². The molecule has 0 aliphatic carbocycles. The predicted molar refractivity (Wildman–Crippen MR) is 93.6 cm³/mol. The summed E-state index contributed by atoms with van der Waals surface area (Å²) in [4.78, 5) is 23.3. The smallest absolute Gasteiger partial charge is 0.246 e. The van der Waals surface area contributed by atoms with Crippen molar-refractivity contribution in [2.24, 2.45) is 0 Å². The Morgan fingerprint density at radius 2 is 1.62 bits per heavy atom. The maximum absolute atomic E-state index is 12.3. The molecule has 2 aromatic carbocycles. The number of amides is 2. The van der Waals surface area contributed by atoms with Crippen molar-refractivity contribution in [1.29, 1.82) is 5.26 Å². The van der Waals surface area contributed by atoms with Gasteiger partial charge in [0.25, 0.3) is 0 Å². The van der Waals surface area contributed by atoms with E-state index in [9.17, 15) is 9.59 Å². The Morgan fingerprint density at radius 1 is 1.00 bits per heavy atom. The second kappa shape index (κ2) is 7.79. The van der Waals surface area contributed by atoms with Crippen LogP contribution in [0.1, 0.15) is 19.4 Å². The second-order valence-electron chi connectivity index (χ2n) is 5.31. The van der Waals surface area contributed by atoms with Gasteiger partial charge in [-0.15, -0.1) is 0 Å². The Kier molecular flexibility index (Phi) is 5.53. The lowest BCUT2D eigenvalue weighted by Gasteiger charge is -2.16. The van der Waals surface area contributed by atoms with Crippen molar-refractivity contribution in [3.8, 4) is 6.07 Å². The largest absolute Gasteiger partial charge is 0.374 e. The van der Waals surface area contributed by atoms with Crippen LogP contribution in [0.2, 0.25) is 0 Å². The minimum absolute atomic E-state index is 0.157. The van der Waals surface area contributed by atoms with E-state index in [-0.39, 0.29) is 11.8 Å². The molecular weight excluding hydrogens is 304 g/mol. The van der Waals surface area contributed by atoms with Crippen molar-refractivity contribution >= 4 is 28.9 Å². The molecule has 24 heavy (non-hydrogen) atoms. The third kappa shape index (κ3) is 4.85. The minimum Gasteiger partial charge on any atom is -0.374 e. The molecular formula is C18H18N4O2. The van der Waals surface area contributed by atoms with E-state index in [1.807, 2.05) is 12.1 Å². The summed E-state index contributed by atoms with van der Waals surface area (Å²) in [6, 6.07) is 15.4. The predicted octanol–water partition coefficient (Wildman–Crippen LogP) is 2.96. The van der Waals surface area contributed by atoms with Crippen LogP contribution >= 0.6 is 0 Å². The van der Waals surface area contributed by atoms with Crippen molar-refractivity contribution in [3.63, 3.8) is 0 Å². The topological polar surface area (TPSA) is 94.0 Å². The zero-order valence-electron chi connectivity index (χ0n) is 13.5. The Bertz CT molecular complexity index is 796. The Labute approximate surface area is 140 Å². The van der Waals surface area contributed by atoms with E-state index in [2.05, 4.69) is 16.0 Å². The fourth-order valence-electron chi connectivity index (χ4n) is 2.12. The van der Waals surface area contributed by atoms with Gasteiger partial charge in [-0.2, -0.15) is 5.26 Å². The lowest BCUT2D eigenvalue weighted by atomic mass is 10.2. The first kappa shape index (κ1) is 17.0. The van der Waals surface area contributed by atoms with E-state index in [0.29, 0.717) is 16.9 Å². The SMILES string of the molecule is CC(=O)Nc1cccc(N[C@H](C)C(=O)Nc2cccc(C#N)c2)c1. The van der Waals surface area contributed by atoms with Crippen LogP contribution < -0.4 is 16.0 Å². The summed E-state index contributed by atoms with van der Waals surface area (Å²) in [5.41, 5.74) is 2.42. The molecule has 1 atom stereocenters. The third-order valence-corrected chi connectivity index (χ3v) is 3.22. The Morgan fingerprint density at radius 3 is 2.29 bits per heavy atom. The van der Waals surface area contributed by atoms with Gasteiger partial charge in [0.1, 0.15) is 6.04 Å². The fourth-order valence-corrected chi connectivity index (χ4v) is 2.12. The number of nitrogens with zero attached hydrogens (tertiary/aromatic N) is 1. The summed E-state index contributed by atoms with van der Waals surface area (Å²) in [6.07, 6.45) is 0. The van der Waals surface area contributed by atoms with Crippen LogP contribution in [0.5, 0.6) is 0 Å². The number of benzene rings is 2. The number of carbonyl (C=O) groups is 2. The molecule has 0 saturated carbocycles. The van der Waals surface area contributed by atoms with E-state index in [1.165, 1.54) is 6.92 Å². The molecule has 0 aliphatic heterocycles. The van der Waals surface area contributed by atoms with Gasteiger partial charge in [0.2, 0.25) is 11.8 Å². The molecule has 0 unspecified atom stereocenters. The number of rotatable bonds is 5. The highest BCUT2D eigenvalue weighted by Gasteiger charge is 2.13. The van der Waals surface area contributed by atoms with Crippen molar-refractivity contribution < 1.29 is 9.59 Å². The van der Waals surface area contributed by atoms with Crippen LogP contribution in [0.3, 0.4) is 0 Å². The highest BCUT2D eigenvalue weighted by atomic mass is 16.2. The van der Waals surface area contributed by atoms with Gasteiger partial charge in [0.15, 0.2) is 0 Å². The molecule has 122 valence electrons.